The van der Waals surface area contributed by atoms with Crippen molar-refractivity contribution in [2.75, 3.05) is 18.4 Å². The Labute approximate surface area is 226 Å². The molecule has 0 aliphatic carbocycles. The number of piperidine rings is 1. The molecule has 2 N–H and O–H groups in total. The molecule has 0 unspecified atom stereocenters. The normalized spacial score (nSPS) is 15.6. The summed E-state index contributed by atoms with van der Waals surface area (Å²) in [6, 6.07) is 23.6. The lowest BCUT2D eigenvalue weighted by Gasteiger charge is -2.30. The molecule has 3 aromatic rings. The van der Waals surface area contributed by atoms with Gasteiger partial charge in [-0.1, -0.05) is 70.5 Å². The monoisotopic (exact) mass is 583 g/mol. The summed E-state index contributed by atoms with van der Waals surface area (Å²) in [6.45, 7) is 2.48. The van der Waals surface area contributed by atoms with E-state index in [-0.39, 0.29) is 42.6 Å². The summed E-state index contributed by atoms with van der Waals surface area (Å²) in [7, 11) is -3.48. The fourth-order valence-corrected chi connectivity index (χ4v) is 6.23. The molecular formula is C28H30BrN3O4S. The van der Waals surface area contributed by atoms with E-state index < -0.39 is 10.0 Å². The molecule has 1 saturated heterocycles. The van der Waals surface area contributed by atoms with Crippen molar-refractivity contribution in [1.82, 2.24) is 9.62 Å². The minimum atomic E-state index is -3.48. The van der Waals surface area contributed by atoms with E-state index in [4.69, 9.17) is 0 Å². The van der Waals surface area contributed by atoms with Gasteiger partial charge in [0.05, 0.1) is 23.0 Å². The Balaban J connectivity index is 1.35. The van der Waals surface area contributed by atoms with E-state index in [1.54, 1.807) is 36.4 Å². The highest BCUT2D eigenvalue weighted by molar-refractivity contribution is 9.10. The zero-order chi connectivity index (χ0) is 26.4. The molecule has 0 aromatic heterocycles. The first-order valence-corrected chi connectivity index (χ1v) is 14.6. The first-order chi connectivity index (χ1) is 17.7. The Morgan fingerprint density at radius 2 is 1.57 bits per heavy atom. The summed E-state index contributed by atoms with van der Waals surface area (Å²) in [5.41, 5.74) is 2.53. The molecule has 1 atom stereocenters. The van der Waals surface area contributed by atoms with Crippen LogP contribution >= 0.6 is 15.9 Å². The number of anilines is 1. The summed E-state index contributed by atoms with van der Waals surface area (Å²) in [6.07, 6.45) is 0.843. The molecule has 1 aliphatic heterocycles. The molecule has 1 aliphatic rings. The molecule has 2 amide bonds. The number of benzene rings is 3. The second-order valence-electron chi connectivity index (χ2n) is 9.20. The average Bonchev–Trinajstić information content (AvgIpc) is 2.90. The van der Waals surface area contributed by atoms with Crippen molar-refractivity contribution in [3.63, 3.8) is 0 Å². The number of sulfonamides is 1. The van der Waals surface area contributed by atoms with Gasteiger partial charge < -0.3 is 10.6 Å². The van der Waals surface area contributed by atoms with Gasteiger partial charge in [0.25, 0.3) is 5.91 Å². The molecule has 37 heavy (non-hydrogen) atoms. The van der Waals surface area contributed by atoms with Crippen LogP contribution in [0.25, 0.3) is 0 Å². The number of amides is 2. The molecule has 4 rings (SSSR count). The number of carbonyl (C=O) groups is 2. The number of halogens is 1. The van der Waals surface area contributed by atoms with Crippen LogP contribution in [0, 0.1) is 5.92 Å². The third-order valence-electron chi connectivity index (χ3n) is 6.56. The van der Waals surface area contributed by atoms with Crippen molar-refractivity contribution in [1.29, 1.82) is 0 Å². The van der Waals surface area contributed by atoms with Crippen LogP contribution in [0.5, 0.6) is 0 Å². The van der Waals surface area contributed by atoms with Crippen molar-refractivity contribution in [3.8, 4) is 0 Å². The maximum Gasteiger partial charge on any atom is 0.253 e. The summed E-state index contributed by atoms with van der Waals surface area (Å²) in [4.78, 5) is 26.0. The lowest BCUT2D eigenvalue weighted by Crippen LogP contribution is -2.42. The van der Waals surface area contributed by atoms with Crippen molar-refractivity contribution in [2.24, 2.45) is 5.92 Å². The van der Waals surface area contributed by atoms with Crippen molar-refractivity contribution in [3.05, 3.63) is 100 Å². The van der Waals surface area contributed by atoms with Gasteiger partial charge in [0, 0.05) is 23.5 Å². The van der Waals surface area contributed by atoms with Crippen LogP contribution in [0.15, 0.2) is 83.3 Å². The largest absolute Gasteiger partial charge is 0.345 e. The lowest BCUT2D eigenvalue weighted by atomic mass is 9.97. The molecule has 0 bridgehead atoms. The van der Waals surface area contributed by atoms with Crippen LogP contribution in [-0.4, -0.2) is 37.6 Å². The fourth-order valence-electron chi connectivity index (χ4n) is 4.40. The highest BCUT2D eigenvalue weighted by Gasteiger charge is 2.31. The smallest absolute Gasteiger partial charge is 0.253 e. The Bertz CT molecular complexity index is 1340. The van der Waals surface area contributed by atoms with Gasteiger partial charge in [0.2, 0.25) is 15.9 Å². The fraction of sp³-hybridized carbons (Fsp3) is 0.286. The second kappa shape index (κ2) is 12.0. The van der Waals surface area contributed by atoms with Crippen molar-refractivity contribution < 1.29 is 18.0 Å². The van der Waals surface area contributed by atoms with Gasteiger partial charge in [-0.15, -0.1) is 0 Å². The van der Waals surface area contributed by atoms with Gasteiger partial charge in [0.15, 0.2) is 0 Å². The van der Waals surface area contributed by atoms with E-state index in [1.165, 1.54) is 4.31 Å². The highest BCUT2D eigenvalue weighted by atomic mass is 79.9. The molecule has 0 radical (unpaired) electrons. The maximum atomic E-state index is 13.1. The summed E-state index contributed by atoms with van der Waals surface area (Å²) < 4.78 is 28.1. The lowest BCUT2D eigenvalue weighted by molar-refractivity contribution is -0.120. The number of rotatable bonds is 8. The van der Waals surface area contributed by atoms with Crippen LogP contribution in [0.3, 0.4) is 0 Å². The topological polar surface area (TPSA) is 95.6 Å². The van der Waals surface area contributed by atoms with Gasteiger partial charge >= 0.3 is 0 Å². The number of hydrogen-bond acceptors (Lipinski definition) is 4. The van der Waals surface area contributed by atoms with Gasteiger partial charge in [-0.25, -0.2) is 12.7 Å². The van der Waals surface area contributed by atoms with Gasteiger partial charge in [-0.2, -0.15) is 0 Å². The third-order valence-corrected chi connectivity index (χ3v) is 8.94. The summed E-state index contributed by atoms with van der Waals surface area (Å²) in [5.74, 6) is -0.887. The number of nitrogens with one attached hydrogen (secondary N) is 2. The Morgan fingerprint density at radius 3 is 2.24 bits per heavy atom. The maximum absolute atomic E-state index is 13.1. The first kappa shape index (κ1) is 27.0. The Morgan fingerprint density at radius 1 is 0.946 bits per heavy atom. The Hall–Kier alpha value is -3.01. The number of hydrogen-bond donors (Lipinski definition) is 2. The second-order valence-corrected chi connectivity index (χ2v) is 12.1. The van der Waals surface area contributed by atoms with Crippen LogP contribution in [0.4, 0.5) is 5.69 Å². The minimum Gasteiger partial charge on any atom is -0.345 e. The molecular weight excluding hydrogens is 554 g/mol. The number of carbonyl (C=O) groups excluding carboxylic acids is 2. The third kappa shape index (κ3) is 7.06. The molecule has 7 nitrogen and oxygen atoms in total. The SMILES string of the molecule is C[C@@H](NC(=O)c1ccccc1NC(=O)C1CCN(S(=O)(=O)Cc2ccc(Br)cc2)CC1)c1ccccc1. The highest BCUT2D eigenvalue weighted by Crippen LogP contribution is 2.25. The van der Waals surface area contributed by atoms with E-state index in [0.717, 1.165) is 15.6 Å². The van der Waals surface area contributed by atoms with E-state index in [1.807, 2.05) is 49.4 Å². The van der Waals surface area contributed by atoms with Crippen LogP contribution in [0.1, 0.15) is 47.3 Å². The van der Waals surface area contributed by atoms with Crippen LogP contribution in [-0.2, 0) is 20.6 Å². The standard InChI is InChI=1S/C28H30BrN3O4S/c1-20(22-7-3-2-4-8-22)30-28(34)25-9-5-6-10-26(25)31-27(33)23-15-17-32(18-16-23)37(35,36)19-21-11-13-24(29)14-12-21/h2-14,20,23H,15-19H2,1H3,(H,30,34)(H,31,33)/t20-/m1/s1. The quantitative estimate of drug-likeness (QED) is 0.384. The molecule has 1 fully saturated rings. The first-order valence-electron chi connectivity index (χ1n) is 12.2. The predicted molar refractivity (Wildman–Crippen MR) is 148 cm³/mol. The van der Waals surface area contributed by atoms with Crippen LogP contribution in [0.2, 0.25) is 0 Å². The van der Waals surface area contributed by atoms with Crippen molar-refractivity contribution in [2.45, 2.75) is 31.6 Å². The zero-order valence-corrected chi connectivity index (χ0v) is 23.0. The molecule has 9 heteroatoms. The van der Waals surface area contributed by atoms with E-state index in [0.29, 0.717) is 24.1 Å². The van der Waals surface area contributed by atoms with E-state index in [2.05, 4.69) is 26.6 Å². The van der Waals surface area contributed by atoms with Gasteiger partial charge in [-0.3, -0.25) is 9.59 Å². The number of para-hydroxylation sites is 1. The van der Waals surface area contributed by atoms with Gasteiger partial charge in [-0.05, 0) is 55.2 Å². The predicted octanol–water partition coefficient (Wildman–Crippen LogP) is 5.12. The van der Waals surface area contributed by atoms with Crippen molar-refractivity contribution >= 4 is 43.5 Å². The van der Waals surface area contributed by atoms with Crippen LogP contribution < -0.4 is 10.6 Å². The molecule has 0 spiro atoms. The Kier molecular flexibility index (Phi) is 8.79. The molecule has 1 heterocycles. The van der Waals surface area contributed by atoms with E-state index >= 15 is 0 Å². The van der Waals surface area contributed by atoms with E-state index in [9.17, 15) is 18.0 Å². The number of nitrogens with zero attached hydrogens (tertiary/aromatic N) is 1. The average molecular weight is 585 g/mol. The minimum absolute atomic E-state index is 0.0684. The molecule has 194 valence electrons. The molecule has 3 aromatic carbocycles. The summed E-state index contributed by atoms with van der Waals surface area (Å²) in [5, 5.41) is 5.89. The molecule has 0 saturated carbocycles. The zero-order valence-electron chi connectivity index (χ0n) is 20.6. The van der Waals surface area contributed by atoms with Gasteiger partial charge in [0.1, 0.15) is 0 Å². The summed E-state index contributed by atoms with van der Waals surface area (Å²) >= 11 is 3.36.